The summed E-state index contributed by atoms with van der Waals surface area (Å²) < 4.78 is 0. The fourth-order valence-electron chi connectivity index (χ4n) is 0.733. The van der Waals surface area contributed by atoms with Gasteiger partial charge in [0.15, 0.2) is 0 Å². The van der Waals surface area contributed by atoms with Crippen molar-refractivity contribution in [1.29, 1.82) is 0 Å². The second-order valence-electron chi connectivity index (χ2n) is 3.00. The maximum atomic E-state index is 4.09. The first-order valence-electron chi connectivity index (χ1n) is 4.89. The second kappa shape index (κ2) is 7.80. The van der Waals surface area contributed by atoms with Gasteiger partial charge in [-0.15, -0.1) is 0 Å². The lowest BCUT2D eigenvalue weighted by Crippen LogP contribution is -2.06. The number of hydrogen-bond donors (Lipinski definition) is 2. The Bertz CT molecular complexity index is 204. The SMILES string of the molecule is CCCC.CNCc1nc[nH]c1C. The molecule has 13 heavy (non-hydrogen) atoms. The predicted octanol–water partition coefficient (Wildman–Crippen LogP) is 2.24. The fourth-order valence-corrected chi connectivity index (χ4v) is 0.733. The molecule has 0 aliphatic heterocycles. The summed E-state index contributed by atoms with van der Waals surface area (Å²) in [6.07, 6.45) is 4.35. The van der Waals surface area contributed by atoms with Crippen LogP contribution in [-0.2, 0) is 6.54 Å². The molecule has 1 heterocycles. The van der Waals surface area contributed by atoms with E-state index in [1.807, 2.05) is 14.0 Å². The zero-order valence-corrected chi connectivity index (χ0v) is 9.15. The number of hydrogen-bond acceptors (Lipinski definition) is 2. The van der Waals surface area contributed by atoms with Crippen molar-refractivity contribution in [1.82, 2.24) is 15.3 Å². The standard InChI is InChI=1S/C6H11N3.C4H10/c1-5-6(3-7-2)9-4-8-5;1-3-4-2/h4,7H,3H2,1-2H3,(H,8,9);3-4H2,1-2H3. The van der Waals surface area contributed by atoms with Gasteiger partial charge in [0.2, 0.25) is 0 Å². The molecule has 3 nitrogen and oxygen atoms in total. The Morgan fingerprint density at radius 3 is 2.31 bits per heavy atom. The minimum atomic E-state index is 0.843. The zero-order valence-electron chi connectivity index (χ0n) is 9.15. The molecule has 1 aromatic heterocycles. The number of aromatic nitrogens is 2. The normalized spacial score (nSPS) is 9.23. The molecular formula is C10H21N3. The summed E-state index contributed by atoms with van der Waals surface area (Å²) in [5.74, 6) is 0. The van der Waals surface area contributed by atoms with Crippen LogP contribution in [0.4, 0.5) is 0 Å². The van der Waals surface area contributed by atoms with E-state index in [1.54, 1.807) is 6.33 Å². The number of aromatic amines is 1. The van der Waals surface area contributed by atoms with Crippen molar-refractivity contribution in [2.75, 3.05) is 7.05 Å². The van der Waals surface area contributed by atoms with E-state index < -0.39 is 0 Å². The smallest absolute Gasteiger partial charge is 0.0925 e. The molecule has 0 amide bonds. The molecule has 0 aromatic carbocycles. The lowest BCUT2D eigenvalue weighted by atomic mass is 10.3. The molecule has 2 N–H and O–H groups in total. The van der Waals surface area contributed by atoms with E-state index in [2.05, 4.69) is 29.1 Å². The first-order chi connectivity index (χ1) is 6.26. The van der Waals surface area contributed by atoms with Crippen LogP contribution in [0.3, 0.4) is 0 Å². The summed E-state index contributed by atoms with van der Waals surface area (Å²) >= 11 is 0. The summed E-state index contributed by atoms with van der Waals surface area (Å²) in [6.45, 7) is 7.22. The second-order valence-corrected chi connectivity index (χ2v) is 3.00. The number of aryl methyl sites for hydroxylation is 1. The molecule has 0 fully saturated rings. The van der Waals surface area contributed by atoms with Crippen molar-refractivity contribution >= 4 is 0 Å². The molecule has 0 aliphatic rings. The minimum absolute atomic E-state index is 0.843. The Kier molecular flexibility index (Phi) is 7.30. The van der Waals surface area contributed by atoms with E-state index in [9.17, 15) is 0 Å². The van der Waals surface area contributed by atoms with Crippen molar-refractivity contribution < 1.29 is 0 Å². The number of rotatable bonds is 3. The number of unbranched alkanes of at least 4 members (excludes halogenated alkanes) is 1. The molecule has 3 heteroatoms. The summed E-state index contributed by atoms with van der Waals surface area (Å²) in [4.78, 5) is 7.09. The molecule has 0 bridgehead atoms. The van der Waals surface area contributed by atoms with Crippen molar-refractivity contribution in [2.45, 2.75) is 40.2 Å². The van der Waals surface area contributed by atoms with Crippen LogP contribution in [-0.4, -0.2) is 17.0 Å². The van der Waals surface area contributed by atoms with Gasteiger partial charge in [-0.2, -0.15) is 0 Å². The van der Waals surface area contributed by atoms with Gasteiger partial charge in [0, 0.05) is 12.2 Å². The molecule has 0 aliphatic carbocycles. The largest absolute Gasteiger partial charge is 0.348 e. The molecule has 1 aromatic rings. The lowest BCUT2D eigenvalue weighted by molar-refractivity contribution is 0.790. The highest BCUT2D eigenvalue weighted by atomic mass is 14.9. The van der Waals surface area contributed by atoms with Crippen LogP contribution in [0.2, 0.25) is 0 Å². The van der Waals surface area contributed by atoms with Crippen LogP contribution in [0, 0.1) is 6.92 Å². The van der Waals surface area contributed by atoms with E-state index >= 15 is 0 Å². The van der Waals surface area contributed by atoms with Crippen molar-refractivity contribution in [3.8, 4) is 0 Å². The molecule has 0 saturated carbocycles. The maximum absolute atomic E-state index is 4.09. The van der Waals surface area contributed by atoms with Crippen LogP contribution >= 0.6 is 0 Å². The number of nitrogens with one attached hydrogen (secondary N) is 2. The van der Waals surface area contributed by atoms with Gasteiger partial charge in [0.1, 0.15) is 0 Å². The Labute approximate surface area is 81.0 Å². The van der Waals surface area contributed by atoms with Crippen molar-refractivity contribution in [2.24, 2.45) is 0 Å². The molecule has 0 saturated heterocycles. The van der Waals surface area contributed by atoms with E-state index in [0.717, 1.165) is 17.9 Å². The Morgan fingerprint density at radius 2 is 2.00 bits per heavy atom. The molecule has 0 unspecified atom stereocenters. The van der Waals surface area contributed by atoms with Gasteiger partial charge >= 0.3 is 0 Å². The Balaban J connectivity index is 0.000000310. The van der Waals surface area contributed by atoms with E-state index in [-0.39, 0.29) is 0 Å². The third-order valence-corrected chi connectivity index (χ3v) is 1.78. The average Bonchev–Trinajstić information content (AvgIpc) is 2.53. The summed E-state index contributed by atoms with van der Waals surface area (Å²) in [5, 5.41) is 3.03. The van der Waals surface area contributed by atoms with Crippen LogP contribution < -0.4 is 5.32 Å². The zero-order chi connectivity index (χ0) is 10.1. The third kappa shape index (κ3) is 5.42. The van der Waals surface area contributed by atoms with Gasteiger partial charge in [-0.05, 0) is 14.0 Å². The van der Waals surface area contributed by atoms with E-state index in [4.69, 9.17) is 0 Å². The van der Waals surface area contributed by atoms with Gasteiger partial charge in [-0.3, -0.25) is 0 Å². The first-order valence-corrected chi connectivity index (χ1v) is 4.89. The fraction of sp³-hybridized carbons (Fsp3) is 0.700. The van der Waals surface area contributed by atoms with Gasteiger partial charge in [-0.25, -0.2) is 4.98 Å². The van der Waals surface area contributed by atoms with Crippen LogP contribution in [0.5, 0.6) is 0 Å². The van der Waals surface area contributed by atoms with Crippen molar-refractivity contribution in [3.63, 3.8) is 0 Å². The van der Waals surface area contributed by atoms with Gasteiger partial charge < -0.3 is 10.3 Å². The number of imidazole rings is 1. The first kappa shape index (κ1) is 12.2. The Hall–Kier alpha value is -0.830. The molecule has 76 valence electrons. The molecule has 0 radical (unpaired) electrons. The maximum Gasteiger partial charge on any atom is 0.0925 e. The van der Waals surface area contributed by atoms with E-state index in [0.29, 0.717) is 0 Å². The monoisotopic (exact) mass is 183 g/mol. The minimum Gasteiger partial charge on any atom is -0.348 e. The number of H-pyrrole nitrogens is 1. The molecule has 0 spiro atoms. The quantitative estimate of drug-likeness (QED) is 0.754. The lowest BCUT2D eigenvalue weighted by Gasteiger charge is -1.93. The third-order valence-electron chi connectivity index (χ3n) is 1.78. The molecule has 1 rings (SSSR count). The Morgan fingerprint density at radius 1 is 1.38 bits per heavy atom. The van der Waals surface area contributed by atoms with Gasteiger partial charge in [-0.1, -0.05) is 26.7 Å². The van der Waals surface area contributed by atoms with Gasteiger partial charge in [0.05, 0.1) is 12.0 Å². The molecular weight excluding hydrogens is 162 g/mol. The number of nitrogens with zero attached hydrogens (tertiary/aromatic N) is 1. The average molecular weight is 183 g/mol. The van der Waals surface area contributed by atoms with E-state index in [1.165, 1.54) is 12.8 Å². The highest BCUT2D eigenvalue weighted by Gasteiger charge is 1.95. The van der Waals surface area contributed by atoms with Crippen LogP contribution in [0.25, 0.3) is 0 Å². The summed E-state index contributed by atoms with van der Waals surface area (Å²) in [6, 6.07) is 0. The van der Waals surface area contributed by atoms with Gasteiger partial charge in [0.25, 0.3) is 0 Å². The summed E-state index contributed by atoms with van der Waals surface area (Å²) in [5.41, 5.74) is 2.24. The molecule has 0 atom stereocenters. The van der Waals surface area contributed by atoms with Crippen molar-refractivity contribution in [3.05, 3.63) is 17.7 Å². The van der Waals surface area contributed by atoms with Crippen LogP contribution in [0.15, 0.2) is 6.33 Å². The topological polar surface area (TPSA) is 40.7 Å². The summed E-state index contributed by atoms with van der Waals surface area (Å²) in [7, 11) is 1.91. The predicted molar refractivity (Wildman–Crippen MR) is 56.7 cm³/mol. The van der Waals surface area contributed by atoms with Crippen LogP contribution in [0.1, 0.15) is 38.1 Å². The highest BCUT2D eigenvalue weighted by molar-refractivity contribution is 5.07. The highest BCUT2D eigenvalue weighted by Crippen LogP contribution is 1.97.